The first-order chi connectivity index (χ1) is 14.4. The summed E-state index contributed by atoms with van der Waals surface area (Å²) in [5, 5.41) is 2.34. The van der Waals surface area contributed by atoms with Crippen molar-refractivity contribution in [2.45, 2.75) is 16.9 Å². The molecule has 1 aromatic heterocycles. The highest BCUT2D eigenvalue weighted by Crippen LogP contribution is 2.32. The van der Waals surface area contributed by atoms with E-state index in [2.05, 4.69) is 10.3 Å². The van der Waals surface area contributed by atoms with Crippen molar-refractivity contribution in [2.75, 3.05) is 16.8 Å². The second-order valence-corrected chi connectivity index (χ2v) is 8.27. The number of hydrogen-bond donors (Lipinski definition) is 2. The number of primary amides is 1. The van der Waals surface area contributed by atoms with Gasteiger partial charge in [0.05, 0.1) is 29.0 Å². The SMILES string of the molecule is NC(=O)Nc1cnccc1CN1CC(=O)N(c2ccc(S(=O)(=O)C(F)(F)F)cc2)C1=O. The molecule has 1 aromatic carbocycles. The number of nitrogens with one attached hydrogen (secondary N) is 1. The topological polar surface area (TPSA) is 143 Å². The standard InChI is InChI=1S/C17H14F3N5O5S/c18-17(19,20)31(29,30)12-3-1-11(2-4-12)25-14(26)9-24(16(25)28)8-10-5-6-22-7-13(10)23-15(21)27/h1-7H,8-9H2,(H3,21,23,27). The Bertz CT molecular complexity index is 1150. The summed E-state index contributed by atoms with van der Waals surface area (Å²) in [6, 6.07) is 3.07. The van der Waals surface area contributed by atoms with E-state index in [0.717, 1.165) is 17.0 Å². The summed E-state index contributed by atoms with van der Waals surface area (Å²) in [6.07, 6.45) is 2.71. The average molecular weight is 457 g/mol. The minimum absolute atomic E-state index is 0.0937. The molecule has 0 bridgehead atoms. The first-order valence-corrected chi connectivity index (χ1v) is 9.93. The maximum atomic E-state index is 12.7. The van der Waals surface area contributed by atoms with E-state index < -0.39 is 38.2 Å². The third-order valence-electron chi connectivity index (χ3n) is 4.28. The highest BCUT2D eigenvalue weighted by molar-refractivity contribution is 7.92. The zero-order valence-electron chi connectivity index (χ0n) is 15.5. The van der Waals surface area contributed by atoms with Crippen LogP contribution in [0, 0.1) is 0 Å². The van der Waals surface area contributed by atoms with E-state index >= 15 is 0 Å². The Morgan fingerprint density at radius 2 is 1.81 bits per heavy atom. The Morgan fingerprint density at radius 1 is 1.16 bits per heavy atom. The molecule has 0 spiro atoms. The van der Waals surface area contributed by atoms with Gasteiger partial charge in [-0.25, -0.2) is 22.9 Å². The van der Waals surface area contributed by atoms with E-state index in [0.29, 0.717) is 22.6 Å². The molecule has 5 amide bonds. The fourth-order valence-electron chi connectivity index (χ4n) is 2.85. The van der Waals surface area contributed by atoms with Crippen molar-refractivity contribution in [3.05, 3.63) is 48.3 Å². The van der Waals surface area contributed by atoms with Gasteiger partial charge in [-0.15, -0.1) is 0 Å². The number of nitrogens with zero attached hydrogens (tertiary/aromatic N) is 3. The molecule has 1 saturated heterocycles. The smallest absolute Gasteiger partial charge is 0.351 e. The first kappa shape index (κ1) is 22.0. The van der Waals surface area contributed by atoms with Crippen LogP contribution in [0.5, 0.6) is 0 Å². The number of benzene rings is 1. The monoisotopic (exact) mass is 457 g/mol. The number of urea groups is 2. The van der Waals surface area contributed by atoms with Gasteiger partial charge in [0.25, 0.3) is 15.7 Å². The first-order valence-electron chi connectivity index (χ1n) is 8.44. The Labute approximate surface area is 173 Å². The summed E-state index contributed by atoms with van der Waals surface area (Å²) in [6.45, 7) is -0.445. The van der Waals surface area contributed by atoms with Crippen molar-refractivity contribution >= 4 is 39.2 Å². The molecule has 3 N–H and O–H groups in total. The summed E-state index contributed by atoms with van der Waals surface area (Å²) < 4.78 is 60.9. The van der Waals surface area contributed by atoms with E-state index in [9.17, 15) is 36.0 Å². The van der Waals surface area contributed by atoms with E-state index in [-0.39, 0.29) is 24.5 Å². The van der Waals surface area contributed by atoms with Crippen LogP contribution in [0.25, 0.3) is 0 Å². The minimum atomic E-state index is -5.56. The maximum Gasteiger partial charge on any atom is 0.501 e. The molecule has 2 aromatic rings. The van der Waals surface area contributed by atoms with Crippen LogP contribution in [0.2, 0.25) is 0 Å². The van der Waals surface area contributed by atoms with Gasteiger partial charge in [-0.2, -0.15) is 13.2 Å². The number of aromatic nitrogens is 1. The molecule has 31 heavy (non-hydrogen) atoms. The maximum absolute atomic E-state index is 12.7. The normalized spacial score (nSPS) is 14.8. The molecule has 0 unspecified atom stereocenters. The van der Waals surface area contributed by atoms with E-state index in [1.165, 1.54) is 18.5 Å². The number of hydrogen-bond acceptors (Lipinski definition) is 6. The number of pyridine rings is 1. The molecule has 3 rings (SSSR count). The third-order valence-corrected chi connectivity index (χ3v) is 5.78. The third kappa shape index (κ3) is 4.28. The van der Waals surface area contributed by atoms with Crippen molar-refractivity contribution in [2.24, 2.45) is 5.73 Å². The highest BCUT2D eigenvalue weighted by atomic mass is 32.2. The molecule has 1 aliphatic rings. The van der Waals surface area contributed by atoms with Crippen LogP contribution in [-0.2, 0) is 21.2 Å². The number of imide groups is 1. The Hall–Kier alpha value is -3.68. The largest absolute Gasteiger partial charge is 0.501 e. The van der Waals surface area contributed by atoms with Gasteiger partial charge >= 0.3 is 17.6 Å². The fraction of sp³-hybridized carbons (Fsp3) is 0.176. The summed E-state index contributed by atoms with van der Waals surface area (Å²) in [5.74, 6) is -0.671. The lowest BCUT2D eigenvalue weighted by atomic mass is 10.2. The number of sulfone groups is 1. The molecule has 14 heteroatoms. The molecular weight excluding hydrogens is 443 g/mol. The quantitative estimate of drug-likeness (QED) is 0.656. The van der Waals surface area contributed by atoms with Gasteiger partial charge in [-0.3, -0.25) is 9.78 Å². The van der Waals surface area contributed by atoms with Crippen LogP contribution >= 0.6 is 0 Å². The number of anilines is 2. The summed E-state index contributed by atoms with van der Waals surface area (Å²) in [4.78, 5) is 40.8. The zero-order chi connectivity index (χ0) is 23.0. The lowest BCUT2D eigenvalue weighted by molar-refractivity contribution is -0.116. The summed E-state index contributed by atoms with van der Waals surface area (Å²) in [7, 11) is -5.56. The fourth-order valence-corrected chi connectivity index (χ4v) is 3.61. The Balaban J connectivity index is 1.82. The highest BCUT2D eigenvalue weighted by Gasteiger charge is 2.47. The van der Waals surface area contributed by atoms with Gasteiger partial charge in [0.15, 0.2) is 0 Å². The zero-order valence-corrected chi connectivity index (χ0v) is 16.3. The molecule has 0 aliphatic carbocycles. The molecule has 2 heterocycles. The van der Waals surface area contributed by atoms with Crippen LogP contribution in [0.3, 0.4) is 0 Å². The molecule has 10 nitrogen and oxygen atoms in total. The Kier molecular flexibility index (Phi) is 5.59. The summed E-state index contributed by atoms with van der Waals surface area (Å²) in [5.41, 5.74) is 0.176. The number of alkyl halides is 3. The van der Waals surface area contributed by atoms with Gasteiger partial charge in [0.2, 0.25) is 0 Å². The van der Waals surface area contributed by atoms with Crippen LogP contribution in [0.1, 0.15) is 5.56 Å². The van der Waals surface area contributed by atoms with Crippen molar-refractivity contribution in [3.8, 4) is 0 Å². The van der Waals surface area contributed by atoms with E-state index in [1.54, 1.807) is 0 Å². The second kappa shape index (κ2) is 7.86. The predicted molar refractivity (Wildman–Crippen MR) is 100 cm³/mol. The van der Waals surface area contributed by atoms with Gasteiger partial charge in [-0.05, 0) is 35.9 Å². The van der Waals surface area contributed by atoms with E-state index in [4.69, 9.17) is 5.73 Å². The molecule has 0 atom stereocenters. The number of carbonyl (C=O) groups excluding carboxylic acids is 3. The minimum Gasteiger partial charge on any atom is -0.351 e. The Morgan fingerprint density at radius 3 is 2.39 bits per heavy atom. The molecule has 164 valence electrons. The molecule has 1 aliphatic heterocycles. The van der Waals surface area contributed by atoms with Crippen molar-refractivity contribution in [1.82, 2.24) is 9.88 Å². The number of halogens is 3. The molecule has 0 saturated carbocycles. The second-order valence-electron chi connectivity index (χ2n) is 6.33. The lowest BCUT2D eigenvalue weighted by Gasteiger charge is -2.19. The van der Waals surface area contributed by atoms with Crippen LogP contribution in [0.4, 0.5) is 34.1 Å². The van der Waals surface area contributed by atoms with Crippen LogP contribution in [0.15, 0.2) is 47.6 Å². The lowest BCUT2D eigenvalue weighted by Crippen LogP contribution is -2.33. The van der Waals surface area contributed by atoms with Crippen LogP contribution < -0.4 is 16.0 Å². The van der Waals surface area contributed by atoms with Gasteiger partial charge in [0.1, 0.15) is 6.54 Å². The van der Waals surface area contributed by atoms with Gasteiger partial charge < -0.3 is 16.0 Å². The van der Waals surface area contributed by atoms with Crippen LogP contribution in [-0.4, -0.2) is 48.3 Å². The number of carbonyl (C=O) groups is 3. The molecule has 1 fully saturated rings. The van der Waals surface area contributed by atoms with Crippen molar-refractivity contribution < 1.29 is 36.0 Å². The number of amides is 5. The predicted octanol–water partition coefficient (Wildman–Crippen LogP) is 1.83. The van der Waals surface area contributed by atoms with E-state index in [1.807, 2.05) is 0 Å². The van der Waals surface area contributed by atoms with Gasteiger partial charge in [-0.1, -0.05) is 0 Å². The van der Waals surface area contributed by atoms with Gasteiger partial charge in [0, 0.05) is 6.20 Å². The molecular formula is C17H14F3N5O5S. The number of nitrogens with two attached hydrogens (primary N) is 1. The summed E-state index contributed by atoms with van der Waals surface area (Å²) >= 11 is 0. The van der Waals surface area contributed by atoms with Crippen molar-refractivity contribution in [1.29, 1.82) is 0 Å². The average Bonchev–Trinajstić information content (AvgIpc) is 2.95. The van der Waals surface area contributed by atoms with Crippen molar-refractivity contribution in [3.63, 3.8) is 0 Å². The molecule has 0 radical (unpaired) electrons. The number of rotatable bonds is 5.